The minimum atomic E-state index is -1.11. The monoisotopic (exact) mass is 577 g/mol. The number of amides is 1. The number of carbonyl (C=O) groups excluding carboxylic acids is 1. The van der Waals surface area contributed by atoms with Crippen LogP contribution in [0.5, 0.6) is 5.75 Å². The lowest BCUT2D eigenvalue weighted by Gasteiger charge is -2.39. The maximum Gasteiger partial charge on any atom is 0.223 e. The highest BCUT2D eigenvalue weighted by Gasteiger charge is 2.41. The van der Waals surface area contributed by atoms with Gasteiger partial charge >= 0.3 is 0 Å². The molecular formula is C33H59N3O5. The lowest BCUT2D eigenvalue weighted by molar-refractivity contribution is -0.381. The molecule has 2 rings (SSSR count). The van der Waals surface area contributed by atoms with Crippen LogP contribution in [0.15, 0.2) is 24.3 Å². The highest BCUT2D eigenvalue weighted by molar-refractivity contribution is 5.78. The number of nitrogens with zero attached hydrogens (tertiary/aromatic N) is 2. The molecule has 1 fully saturated rings. The molecule has 0 aliphatic carbocycles. The Bertz CT molecular complexity index is 893. The maximum absolute atomic E-state index is 13.4. The summed E-state index contributed by atoms with van der Waals surface area (Å²) in [6.45, 7) is 14.0. The van der Waals surface area contributed by atoms with Gasteiger partial charge in [-0.25, -0.2) is 9.78 Å². The zero-order valence-electron chi connectivity index (χ0n) is 27.5. The van der Waals surface area contributed by atoms with Crippen LogP contribution in [0.2, 0.25) is 0 Å². The van der Waals surface area contributed by atoms with E-state index in [1.165, 1.54) is 5.56 Å². The van der Waals surface area contributed by atoms with Crippen molar-refractivity contribution in [3.8, 4) is 5.75 Å². The van der Waals surface area contributed by atoms with Crippen molar-refractivity contribution in [3.05, 3.63) is 29.8 Å². The molecule has 236 valence electrons. The zero-order valence-corrected chi connectivity index (χ0v) is 27.5. The summed E-state index contributed by atoms with van der Waals surface area (Å²) in [6, 6.07) is 8.49. The summed E-state index contributed by atoms with van der Waals surface area (Å²) in [4.78, 5) is 30.0. The van der Waals surface area contributed by atoms with Gasteiger partial charge in [0.15, 0.2) is 0 Å². The smallest absolute Gasteiger partial charge is 0.223 e. The SMILES string of the molecule is CCC(CC(C)OO[C@@H]1C(C)CC(C)C(=O)NC(Cc2ccc(OC)cc2)CCN(C)C[C@H](C)C[C@@]1(C)O)N(C)C. The molecule has 41 heavy (non-hydrogen) atoms. The van der Waals surface area contributed by atoms with Gasteiger partial charge in [0.2, 0.25) is 5.91 Å². The van der Waals surface area contributed by atoms with Gasteiger partial charge in [0.05, 0.1) is 18.8 Å². The van der Waals surface area contributed by atoms with E-state index < -0.39 is 11.7 Å². The summed E-state index contributed by atoms with van der Waals surface area (Å²) < 4.78 is 5.31. The molecule has 8 nitrogen and oxygen atoms in total. The van der Waals surface area contributed by atoms with Crippen LogP contribution in [0, 0.1) is 17.8 Å². The van der Waals surface area contributed by atoms with Gasteiger partial charge in [-0.2, -0.15) is 0 Å². The van der Waals surface area contributed by atoms with Crippen LogP contribution in [0.25, 0.3) is 0 Å². The number of hydrogen-bond acceptors (Lipinski definition) is 7. The molecule has 0 saturated carbocycles. The molecule has 0 aromatic heterocycles. The highest BCUT2D eigenvalue weighted by atomic mass is 17.2. The van der Waals surface area contributed by atoms with Crippen LogP contribution in [0.3, 0.4) is 0 Å². The van der Waals surface area contributed by atoms with Crippen LogP contribution in [0.4, 0.5) is 0 Å². The second-order valence-electron chi connectivity index (χ2n) is 13.3. The van der Waals surface area contributed by atoms with E-state index in [2.05, 4.69) is 69.2 Å². The fourth-order valence-corrected chi connectivity index (χ4v) is 6.42. The van der Waals surface area contributed by atoms with Crippen molar-refractivity contribution in [1.29, 1.82) is 0 Å². The Morgan fingerprint density at radius 1 is 1.20 bits per heavy atom. The topological polar surface area (TPSA) is 83.5 Å². The van der Waals surface area contributed by atoms with E-state index in [1.54, 1.807) is 7.11 Å². The Hall–Kier alpha value is -1.71. The molecule has 0 spiro atoms. The number of aliphatic hydroxyl groups is 1. The van der Waals surface area contributed by atoms with Gasteiger partial charge in [-0.15, -0.1) is 0 Å². The normalized spacial score (nSPS) is 30.8. The van der Waals surface area contributed by atoms with Crippen molar-refractivity contribution in [2.45, 2.75) is 110 Å². The summed E-state index contributed by atoms with van der Waals surface area (Å²) >= 11 is 0. The van der Waals surface area contributed by atoms with Crippen LogP contribution in [-0.2, 0) is 21.0 Å². The maximum atomic E-state index is 13.4. The van der Waals surface area contributed by atoms with E-state index in [1.807, 2.05) is 32.9 Å². The summed E-state index contributed by atoms with van der Waals surface area (Å²) in [6.07, 6.45) is 3.95. The first-order chi connectivity index (χ1) is 19.2. The number of methoxy groups -OCH3 is 1. The van der Waals surface area contributed by atoms with Gasteiger partial charge < -0.3 is 25.0 Å². The molecule has 8 heteroatoms. The molecule has 1 aliphatic heterocycles. The van der Waals surface area contributed by atoms with Gasteiger partial charge in [0, 0.05) is 24.5 Å². The quantitative estimate of drug-likeness (QED) is 0.301. The van der Waals surface area contributed by atoms with Gasteiger partial charge in [0.1, 0.15) is 11.9 Å². The molecule has 5 unspecified atom stereocenters. The van der Waals surface area contributed by atoms with Gasteiger partial charge in [-0.3, -0.25) is 4.79 Å². The van der Waals surface area contributed by atoms with Crippen molar-refractivity contribution in [1.82, 2.24) is 15.1 Å². The molecule has 1 aromatic rings. The van der Waals surface area contributed by atoms with E-state index in [0.29, 0.717) is 18.9 Å². The van der Waals surface area contributed by atoms with Gasteiger partial charge in [-0.1, -0.05) is 39.8 Å². The van der Waals surface area contributed by atoms with E-state index in [4.69, 9.17) is 14.5 Å². The summed E-state index contributed by atoms with van der Waals surface area (Å²) in [7, 11) is 7.94. The van der Waals surface area contributed by atoms with Crippen LogP contribution in [-0.4, -0.2) is 92.0 Å². The number of benzene rings is 1. The van der Waals surface area contributed by atoms with E-state index in [-0.39, 0.29) is 35.8 Å². The fraction of sp³-hybridized carbons (Fsp3) is 0.788. The Morgan fingerprint density at radius 3 is 2.44 bits per heavy atom. The average molecular weight is 578 g/mol. The van der Waals surface area contributed by atoms with Gasteiger partial charge in [-0.05, 0) is 110 Å². The van der Waals surface area contributed by atoms with Crippen LogP contribution < -0.4 is 10.1 Å². The van der Waals surface area contributed by atoms with Crippen LogP contribution >= 0.6 is 0 Å². The van der Waals surface area contributed by atoms with Gasteiger partial charge in [0.25, 0.3) is 0 Å². The Morgan fingerprint density at radius 2 is 1.85 bits per heavy atom. The Balaban J connectivity index is 2.21. The standard InChI is InChI=1S/C33H59N3O5/c1-11-29(35(7)8)19-26(5)40-41-31-24(3)18-25(4)32(37)34-28(20-27-12-14-30(39-10)15-13-27)16-17-36(9)22-23(2)21-33(31,6)38/h12-15,23-26,28-29,31,38H,11,16-22H2,1-10H3,(H,34,37)/t23-,24?,25?,26?,28?,29?,31-,33-/m1/s1. The Kier molecular flexibility index (Phi) is 14.5. The third-order valence-corrected chi connectivity index (χ3v) is 8.66. The summed E-state index contributed by atoms with van der Waals surface area (Å²) in [5.41, 5.74) is 0.0621. The third kappa shape index (κ3) is 11.8. The largest absolute Gasteiger partial charge is 0.497 e. The molecule has 0 bridgehead atoms. The average Bonchev–Trinajstić information content (AvgIpc) is 2.89. The van der Waals surface area contributed by atoms with E-state index >= 15 is 0 Å². The Labute approximate surface area is 250 Å². The van der Waals surface area contributed by atoms with Crippen molar-refractivity contribution >= 4 is 5.91 Å². The minimum absolute atomic E-state index is 0.0249. The number of carbonyl (C=O) groups is 1. The molecular weight excluding hydrogens is 518 g/mol. The molecule has 2 N–H and O–H groups in total. The number of rotatable bonds is 10. The predicted molar refractivity (Wildman–Crippen MR) is 166 cm³/mol. The van der Waals surface area contributed by atoms with E-state index in [0.717, 1.165) is 44.5 Å². The zero-order chi connectivity index (χ0) is 30.7. The molecule has 1 aliphatic rings. The molecule has 8 atom stereocenters. The molecule has 0 radical (unpaired) electrons. The predicted octanol–water partition coefficient (Wildman–Crippen LogP) is 4.93. The highest BCUT2D eigenvalue weighted by Crippen LogP contribution is 2.32. The molecule has 1 amide bonds. The van der Waals surface area contributed by atoms with E-state index in [9.17, 15) is 9.90 Å². The van der Waals surface area contributed by atoms with Crippen molar-refractivity contribution in [3.63, 3.8) is 0 Å². The first-order valence-electron chi connectivity index (χ1n) is 15.6. The second-order valence-corrected chi connectivity index (χ2v) is 13.3. The summed E-state index contributed by atoms with van der Waals surface area (Å²) in [5.74, 6) is 0.779. The molecule has 1 saturated heterocycles. The second kappa shape index (κ2) is 16.8. The fourth-order valence-electron chi connectivity index (χ4n) is 6.42. The lowest BCUT2D eigenvalue weighted by Crippen LogP contribution is -2.49. The first kappa shape index (κ1) is 35.5. The number of hydrogen-bond donors (Lipinski definition) is 2. The third-order valence-electron chi connectivity index (χ3n) is 8.66. The minimum Gasteiger partial charge on any atom is -0.497 e. The lowest BCUT2D eigenvalue weighted by atomic mass is 9.79. The summed E-state index contributed by atoms with van der Waals surface area (Å²) in [5, 5.41) is 15.1. The van der Waals surface area contributed by atoms with Crippen molar-refractivity contribution in [2.24, 2.45) is 17.8 Å². The number of ether oxygens (including phenoxy) is 1. The van der Waals surface area contributed by atoms with Crippen molar-refractivity contribution < 1.29 is 24.4 Å². The van der Waals surface area contributed by atoms with Crippen molar-refractivity contribution in [2.75, 3.05) is 41.3 Å². The molecule has 1 aromatic carbocycles. The first-order valence-corrected chi connectivity index (χ1v) is 15.6. The van der Waals surface area contributed by atoms with Crippen LogP contribution in [0.1, 0.15) is 79.2 Å². The molecule has 1 heterocycles. The number of nitrogens with one attached hydrogen (secondary N) is 1.